The van der Waals surface area contributed by atoms with Crippen LogP contribution in [-0.4, -0.2) is 26.3 Å². The Hall–Kier alpha value is -0.0800. The molecule has 0 saturated heterocycles. The second-order valence-corrected chi connectivity index (χ2v) is 5.76. The monoisotopic (exact) mass is 213 g/mol. The topological polar surface area (TPSA) is 21.3 Å². The Balaban J connectivity index is 2.30. The minimum absolute atomic E-state index is 0.477. The van der Waals surface area contributed by atoms with E-state index in [1.165, 1.54) is 25.7 Å². The molecule has 0 amide bonds. The van der Waals surface area contributed by atoms with Gasteiger partial charge in [0, 0.05) is 26.3 Å². The van der Waals surface area contributed by atoms with Crippen LogP contribution in [0.25, 0.3) is 0 Å². The van der Waals surface area contributed by atoms with Crippen LogP contribution in [0, 0.1) is 11.3 Å². The van der Waals surface area contributed by atoms with Gasteiger partial charge in [0.25, 0.3) is 0 Å². The van der Waals surface area contributed by atoms with Crippen LogP contribution in [0.3, 0.4) is 0 Å². The van der Waals surface area contributed by atoms with Gasteiger partial charge in [0.2, 0.25) is 0 Å². The first kappa shape index (κ1) is 13.0. The molecule has 0 spiro atoms. The van der Waals surface area contributed by atoms with Crippen LogP contribution in [0.5, 0.6) is 0 Å². The summed E-state index contributed by atoms with van der Waals surface area (Å²) in [4.78, 5) is 0. The molecular formula is C13H27NO. The normalized spacial score (nSPS) is 27.6. The molecule has 0 heterocycles. The van der Waals surface area contributed by atoms with Gasteiger partial charge in [0.05, 0.1) is 0 Å². The Bertz CT molecular complexity index is 179. The number of hydrogen-bond donors (Lipinski definition) is 1. The lowest BCUT2D eigenvalue weighted by molar-refractivity contribution is 0.134. The molecule has 0 bridgehead atoms. The summed E-state index contributed by atoms with van der Waals surface area (Å²) in [7, 11) is 1.78. The van der Waals surface area contributed by atoms with Crippen molar-refractivity contribution in [3.63, 3.8) is 0 Å². The summed E-state index contributed by atoms with van der Waals surface area (Å²) in [6.45, 7) is 8.98. The summed E-state index contributed by atoms with van der Waals surface area (Å²) in [6, 6.07) is 0.700. The molecule has 15 heavy (non-hydrogen) atoms. The molecule has 90 valence electrons. The minimum Gasteiger partial charge on any atom is -0.384 e. The summed E-state index contributed by atoms with van der Waals surface area (Å²) in [5.41, 5.74) is 0.477. The number of rotatable bonds is 5. The third kappa shape index (κ3) is 4.12. The van der Waals surface area contributed by atoms with Crippen molar-refractivity contribution in [1.82, 2.24) is 5.32 Å². The SMILES string of the molecule is COCC(C)CNC1CCCCC1(C)C. The molecule has 2 heteroatoms. The average molecular weight is 213 g/mol. The summed E-state index contributed by atoms with van der Waals surface area (Å²) in [5.74, 6) is 0.618. The van der Waals surface area contributed by atoms with Gasteiger partial charge in [0.1, 0.15) is 0 Å². The molecule has 1 aliphatic rings. The molecule has 1 fully saturated rings. The molecule has 0 aromatic heterocycles. The molecule has 1 saturated carbocycles. The van der Waals surface area contributed by atoms with Gasteiger partial charge in [0.15, 0.2) is 0 Å². The van der Waals surface area contributed by atoms with Crippen LogP contribution >= 0.6 is 0 Å². The standard InChI is InChI=1S/C13H27NO/c1-11(10-15-4)9-14-12-7-5-6-8-13(12,2)3/h11-12,14H,5-10H2,1-4H3. The predicted molar refractivity (Wildman–Crippen MR) is 65.1 cm³/mol. The predicted octanol–water partition coefficient (Wildman–Crippen LogP) is 2.83. The maximum Gasteiger partial charge on any atom is 0.0499 e. The maximum atomic E-state index is 5.16. The van der Waals surface area contributed by atoms with Gasteiger partial charge in [-0.25, -0.2) is 0 Å². The fraction of sp³-hybridized carbons (Fsp3) is 1.00. The van der Waals surface area contributed by atoms with Crippen LogP contribution in [0.2, 0.25) is 0 Å². The van der Waals surface area contributed by atoms with E-state index >= 15 is 0 Å². The molecule has 1 aliphatic carbocycles. The van der Waals surface area contributed by atoms with Crippen LogP contribution in [-0.2, 0) is 4.74 Å². The van der Waals surface area contributed by atoms with Crippen molar-refractivity contribution in [2.24, 2.45) is 11.3 Å². The Morgan fingerprint density at radius 2 is 2.13 bits per heavy atom. The van der Waals surface area contributed by atoms with E-state index < -0.39 is 0 Å². The summed E-state index contributed by atoms with van der Waals surface area (Å²) >= 11 is 0. The van der Waals surface area contributed by atoms with E-state index in [1.807, 2.05) is 0 Å². The van der Waals surface area contributed by atoms with Crippen molar-refractivity contribution in [3.8, 4) is 0 Å². The first-order valence-corrected chi connectivity index (χ1v) is 6.28. The van der Waals surface area contributed by atoms with Crippen molar-refractivity contribution >= 4 is 0 Å². The third-order valence-electron chi connectivity index (χ3n) is 3.67. The molecule has 2 unspecified atom stereocenters. The van der Waals surface area contributed by atoms with E-state index in [2.05, 4.69) is 26.1 Å². The van der Waals surface area contributed by atoms with Crippen LogP contribution in [0.4, 0.5) is 0 Å². The lowest BCUT2D eigenvalue weighted by atomic mass is 9.73. The van der Waals surface area contributed by atoms with E-state index in [4.69, 9.17) is 4.74 Å². The zero-order valence-corrected chi connectivity index (χ0v) is 10.8. The van der Waals surface area contributed by atoms with E-state index in [1.54, 1.807) is 7.11 Å². The van der Waals surface area contributed by atoms with Crippen molar-refractivity contribution in [3.05, 3.63) is 0 Å². The van der Waals surface area contributed by atoms with Gasteiger partial charge >= 0.3 is 0 Å². The fourth-order valence-corrected chi connectivity index (χ4v) is 2.56. The van der Waals surface area contributed by atoms with Crippen LogP contribution in [0.15, 0.2) is 0 Å². The van der Waals surface area contributed by atoms with Gasteiger partial charge in [-0.3, -0.25) is 0 Å². The van der Waals surface area contributed by atoms with Gasteiger partial charge in [-0.05, 0) is 24.2 Å². The summed E-state index contributed by atoms with van der Waals surface area (Å²) in [5, 5.41) is 3.72. The average Bonchev–Trinajstić information content (AvgIpc) is 2.16. The zero-order valence-electron chi connectivity index (χ0n) is 10.8. The van der Waals surface area contributed by atoms with E-state index in [0.29, 0.717) is 17.4 Å². The maximum absolute atomic E-state index is 5.16. The molecule has 0 aromatic rings. The second-order valence-electron chi connectivity index (χ2n) is 5.76. The molecule has 2 atom stereocenters. The number of hydrogen-bond acceptors (Lipinski definition) is 2. The summed E-state index contributed by atoms with van der Waals surface area (Å²) in [6.07, 6.45) is 5.49. The van der Waals surface area contributed by atoms with E-state index in [0.717, 1.165) is 13.2 Å². The molecule has 0 aromatic carbocycles. The first-order chi connectivity index (χ1) is 7.06. The fourth-order valence-electron chi connectivity index (χ4n) is 2.56. The lowest BCUT2D eigenvalue weighted by Crippen LogP contribution is -2.45. The van der Waals surface area contributed by atoms with Crippen LogP contribution < -0.4 is 5.32 Å². The Morgan fingerprint density at radius 3 is 2.73 bits per heavy atom. The highest BCUT2D eigenvalue weighted by Gasteiger charge is 2.31. The van der Waals surface area contributed by atoms with Crippen molar-refractivity contribution < 1.29 is 4.74 Å². The lowest BCUT2D eigenvalue weighted by Gasteiger charge is -2.39. The second kappa shape index (κ2) is 5.86. The minimum atomic E-state index is 0.477. The van der Waals surface area contributed by atoms with Gasteiger partial charge in [-0.2, -0.15) is 0 Å². The van der Waals surface area contributed by atoms with Gasteiger partial charge in [-0.1, -0.05) is 33.6 Å². The molecule has 1 rings (SSSR count). The highest BCUT2D eigenvalue weighted by Crippen LogP contribution is 2.35. The van der Waals surface area contributed by atoms with Crippen molar-refractivity contribution in [1.29, 1.82) is 0 Å². The Kier molecular flexibility index (Phi) is 5.07. The largest absolute Gasteiger partial charge is 0.384 e. The number of ether oxygens (including phenoxy) is 1. The Morgan fingerprint density at radius 1 is 1.40 bits per heavy atom. The molecule has 0 radical (unpaired) electrons. The Labute approximate surface area is 94.8 Å². The van der Waals surface area contributed by atoms with E-state index in [9.17, 15) is 0 Å². The van der Waals surface area contributed by atoms with Crippen LogP contribution in [0.1, 0.15) is 46.5 Å². The highest BCUT2D eigenvalue weighted by molar-refractivity contribution is 4.87. The molecule has 2 nitrogen and oxygen atoms in total. The highest BCUT2D eigenvalue weighted by atomic mass is 16.5. The smallest absolute Gasteiger partial charge is 0.0499 e. The molecule has 1 N–H and O–H groups in total. The molecular weight excluding hydrogens is 186 g/mol. The molecule has 0 aliphatic heterocycles. The quantitative estimate of drug-likeness (QED) is 0.758. The van der Waals surface area contributed by atoms with Crippen molar-refractivity contribution in [2.75, 3.05) is 20.3 Å². The van der Waals surface area contributed by atoms with E-state index in [-0.39, 0.29) is 0 Å². The zero-order chi connectivity index (χ0) is 11.3. The third-order valence-corrected chi connectivity index (χ3v) is 3.67. The van der Waals surface area contributed by atoms with Gasteiger partial charge in [-0.15, -0.1) is 0 Å². The number of nitrogens with one attached hydrogen (secondary N) is 1. The number of methoxy groups -OCH3 is 1. The van der Waals surface area contributed by atoms with Crippen molar-refractivity contribution in [2.45, 2.75) is 52.5 Å². The summed E-state index contributed by atoms with van der Waals surface area (Å²) < 4.78 is 5.16. The first-order valence-electron chi connectivity index (χ1n) is 6.28. The van der Waals surface area contributed by atoms with Gasteiger partial charge < -0.3 is 10.1 Å².